The van der Waals surface area contributed by atoms with Crippen molar-refractivity contribution in [3.63, 3.8) is 0 Å². The Morgan fingerprint density at radius 1 is 1.29 bits per heavy atom. The third-order valence-corrected chi connectivity index (χ3v) is 3.60. The second-order valence-electron chi connectivity index (χ2n) is 5.45. The van der Waals surface area contributed by atoms with Gasteiger partial charge in [0.25, 0.3) is 0 Å². The maximum Gasteiger partial charge on any atom is 0.303 e. The summed E-state index contributed by atoms with van der Waals surface area (Å²) in [5.74, 6) is -1.77. The number of ether oxygens (including phenoxy) is 3. The van der Waals surface area contributed by atoms with E-state index in [1.54, 1.807) is 12.3 Å². The molecule has 1 fully saturated rings. The van der Waals surface area contributed by atoms with E-state index >= 15 is 0 Å². The van der Waals surface area contributed by atoms with Crippen LogP contribution in [0.2, 0.25) is 0 Å². The molecule has 2 heterocycles. The summed E-state index contributed by atoms with van der Waals surface area (Å²) in [7, 11) is 0. The van der Waals surface area contributed by atoms with E-state index in [1.807, 2.05) is 0 Å². The Bertz CT molecular complexity index is 586. The number of nitrogens with zero attached hydrogens (tertiary/aromatic N) is 1. The minimum absolute atomic E-state index is 0.346. The second-order valence-corrected chi connectivity index (χ2v) is 5.45. The smallest absolute Gasteiger partial charge is 0.303 e. The van der Waals surface area contributed by atoms with Crippen LogP contribution in [0.4, 0.5) is 0 Å². The molecule has 0 radical (unpaired) electrons. The lowest BCUT2D eigenvalue weighted by Gasteiger charge is -2.30. The van der Waals surface area contributed by atoms with E-state index in [0.29, 0.717) is 12.0 Å². The van der Waals surface area contributed by atoms with E-state index in [0.717, 1.165) is 0 Å². The summed E-state index contributed by atoms with van der Waals surface area (Å²) in [5, 5.41) is 9.47. The molecule has 2 aliphatic rings. The Hall–Kier alpha value is -2.39. The number of aliphatic hydroxyl groups excluding tert-OH is 1. The van der Waals surface area contributed by atoms with Gasteiger partial charge < -0.3 is 30.0 Å². The predicted molar refractivity (Wildman–Crippen MR) is 79.7 cm³/mol. The number of hydrogen-bond acceptors (Lipinski definition) is 8. The van der Waals surface area contributed by atoms with E-state index in [-0.39, 0.29) is 0 Å². The summed E-state index contributed by atoms with van der Waals surface area (Å²) in [4.78, 5) is 35.6. The maximum absolute atomic E-state index is 11.4. The zero-order chi connectivity index (χ0) is 17.9. The summed E-state index contributed by atoms with van der Waals surface area (Å²) in [6.45, 7) is 1.99. The predicted octanol–water partition coefficient (Wildman–Crippen LogP) is -0.844. The number of carbonyl (C=O) groups is 3. The molecule has 24 heavy (non-hydrogen) atoms. The molecule has 1 amide bonds. The standard InChI is InChI=1S/C15H20N2O7/c1-8(19)22-12-11(7-18)24-15(13(12)23-9(2)20)17-5-3-4-10(6-17)14(16)21/h3,5-6,11-13,15,18H,4,7H2,1-2H3,(H2,16,21). The molecule has 0 saturated carbocycles. The highest BCUT2D eigenvalue weighted by Gasteiger charge is 2.50. The normalized spacial score (nSPS) is 29.1. The molecular formula is C15H20N2O7. The number of esters is 2. The zero-order valence-electron chi connectivity index (χ0n) is 13.4. The van der Waals surface area contributed by atoms with Crippen molar-refractivity contribution >= 4 is 17.8 Å². The average Bonchev–Trinajstić information content (AvgIpc) is 2.84. The Morgan fingerprint density at radius 2 is 1.92 bits per heavy atom. The quantitative estimate of drug-likeness (QED) is 0.620. The van der Waals surface area contributed by atoms with E-state index in [1.165, 1.54) is 24.9 Å². The third kappa shape index (κ3) is 3.92. The number of amides is 1. The number of carbonyl (C=O) groups excluding carboxylic acids is 3. The summed E-state index contributed by atoms with van der Waals surface area (Å²) >= 11 is 0. The monoisotopic (exact) mass is 340 g/mol. The van der Waals surface area contributed by atoms with Gasteiger partial charge in [0.15, 0.2) is 18.4 Å². The third-order valence-electron chi connectivity index (χ3n) is 3.60. The number of rotatable bonds is 5. The molecule has 2 aliphatic heterocycles. The lowest BCUT2D eigenvalue weighted by Crippen LogP contribution is -2.44. The van der Waals surface area contributed by atoms with Crippen LogP contribution in [-0.4, -0.2) is 59.0 Å². The van der Waals surface area contributed by atoms with Gasteiger partial charge in [0, 0.05) is 31.8 Å². The zero-order valence-corrected chi connectivity index (χ0v) is 13.4. The SMILES string of the molecule is CC(=O)OC1C(CO)OC(N2C=CCC(C(N)=O)=C2)C1OC(C)=O. The first-order valence-corrected chi connectivity index (χ1v) is 7.38. The summed E-state index contributed by atoms with van der Waals surface area (Å²) < 4.78 is 16.1. The van der Waals surface area contributed by atoms with Gasteiger partial charge in [0.2, 0.25) is 5.91 Å². The molecule has 9 heteroatoms. The Morgan fingerprint density at radius 3 is 2.46 bits per heavy atom. The number of nitrogens with two attached hydrogens (primary N) is 1. The van der Waals surface area contributed by atoms with Crippen LogP contribution in [0.3, 0.4) is 0 Å². The maximum atomic E-state index is 11.4. The molecule has 0 bridgehead atoms. The van der Waals surface area contributed by atoms with Gasteiger partial charge in [0.1, 0.15) is 6.10 Å². The average molecular weight is 340 g/mol. The van der Waals surface area contributed by atoms with Crippen LogP contribution in [0.25, 0.3) is 0 Å². The van der Waals surface area contributed by atoms with Crippen LogP contribution in [0.15, 0.2) is 24.0 Å². The highest BCUT2D eigenvalue weighted by molar-refractivity contribution is 5.92. The molecule has 0 aromatic rings. The molecule has 4 unspecified atom stereocenters. The number of aliphatic hydroxyl groups is 1. The largest absolute Gasteiger partial charge is 0.456 e. The lowest BCUT2D eigenvalue weighted by atomic mass is 10.1. The molecule has 2 rings (SSSR count). The van der Waals surface area contributed by atoms with Crippen LogP contribution in [0.1, 0.15) is 20.3 Å². The summed E-state index contributed by atoms with van der Waals surface area (Å²) in [6, 6.07) is 0. The van der Waals surface area contributed by atoms with Gasteiger partial charge in [-0.25, -0.2) is 0 Å². The summed E-state index contributed by atoms with van der Waals surface area (Å²) in [6.07, 6.45) is 1.49. The molecule has 132 valence electrons. The first-order chi connectivity index (χ1) is 11.3. The molecule has 9 nitrogen and oxygen atoms in total. The second kappa shape index (κ2) is 7.45. The summed E-state index contributed by atoms with van der Waals surface area (Å²) in [5.41, 5.74) is 5.63. The van der Waals surface area contributed by atoms with Gasteiger partial charge in [-0.05, 0) is 6.42 Å². The molecule has 0 spiro atoms. The molecule has 4 atom stereocenters. The van der Waals surface area contributed by atoms with Gasteiger partial charge in [-0.3, -0.25) is 14.4 Å². The Balaban J connectivity index is 2.30. The molecule has 0 aromatic carbocycles. The Labute approximate surface area is 138 Å². The molecule has 0 aliphatic carbocycles. The van der Waals surface area contributed by atoms with Crippen molar-refractivity contribution in [2.24, 2.45) is 5.73 Å². The lowest BCUT2D eigenvalue weighted by molar-refractivity contribution is -0.166. The topological polar surface area (TPSA) is 128 Å². The van der Waals surface area contributed by atoms with Gasteiger partial charge in [-0.15, -0.1) is 0 Å². The fourth-order valence-electron chi connectivity index (χ4n) is 2.65. The van der Waals surface area contributed by atoms with Gasteiger partial charge >= 0.3 is 11.9 Å². The van der Waals surface area contributed by atoms with Crippen LogP contribution in [0, 0.1) is 0 Å². The molecular weight excluding hydrogens is 320 g/mol. The minimum Gasteiger partial charge on any atom is -0.456 e. The molecule has 3 N–H and O–H groups in total. The Kier molecular flexibility index (Phi) is 5.58. The van der Waals surface area contributed by atoms with Gasteiger partial charge in [0.05, 0.1) is 6.61 Å². The molecule has 1 saturated heterocycles. The number of allylic oxidation sites excluding steroid dienone is 1. The fraction of sp³-hybridized carbons (Fsp3) is 0.533. The van der Waals surface area contributed by atoms with E-state index in [9.17, 15) is 19.5 Å². The first kappa shape index (κ1) is 18.0. The van der Waals surface area contributed by atoms with Crippen LogP contribution < -0.4 is 5.73 Å². The van der Waals surface area contributed by atoms with Crippen molar-refractivity contribution in [1.29, 1.82) is 0 Å². The first-order valence-electron chi connectivity index (χ1n) is 7.38. The fourth-order valence-corrected chi connectivity index (χ4v) is 2.65. The van der Waals surface area contributed by atoms with E-state index in [2.05, 4.69) is 0 Å². The van der Waals surface area contributed by atoms with E-state index < -0.39 is 49.0 Å². The number of hydrogen-bond donors (Lipinski definition) is 2. The van der Waals surface area contributed by atoms with Crippen molar-refractivity contribution in [1.82, 2.24) is 4.90 Å². The van der Waals surface area contributed by atoms with Crippen molar-refractivity contribution in [2.45, 2.75) is 44.8 Å². The van der Waals surface area contributed by atoms with Crippen LogP contribution in [-0.2, 0) is 28.6 Å². The van der Waals surface area contributed by atoms with Crippen LogP contribution in [0.5, 0.6) is 0 Å². The highest BCUT2D eigenvalue weighted by Crippen LogP contribution is 2.31. The van der Waals surface area contributed by atoms with Gasteiger partial charge in [-0.1, -0.05) is 6.08 Å². The van der Waals surface area contributed by atoms with Crippen molar-refractivity contribution in [2.75, 3.05) is 6.61 Å². The number of primary amides is 1. The van der Waals surface area contributed by atoms with Gasteiger partial charge in [-0.2, -0.15) is 0 Å². The van der Waals surface area contributed by atoms with Crippen molar-refractivity contribution in [3.05, 3.63) is 24.0 Å². The minimum atomic E-state index is -0.975. The van der Waals surface area contributed by atoms with Crippen molar-refractivity contribution < 1.29 is 33.7 Å². The molecule has 0 aromatic heterocycles. The van der Waals surface area contributed by atoms with Crippen LogP contribution >= 0.6 is 0 Å². The highest BCUT2D eigenvalue weighted by atomic mass is 16.6. The van der Waals surface area contributed by atoms with E-state index in [4.69, 9.17) is 19.9 Å². The van der Waals surface area contributed by atoms with Crippen molar-refractivity contribution in [3.8, 4) is 0 Å².